The first-order valence-electron chi connectivity index (χ1n) is 11.5. The second-order valence-corrected chi connectivity index (χ2v) is 10.1. The van der Waals surface area contributed by atoms with E-state index in [0.29, 0.717) is 49.8 Å². The number of hydrogen-bond acceptors (Lipinski definition) is 8. The predicted molar refractivity (Wildman–Crippen MR) is 131 cm³/mol. The molecule has 0 amide bonds. The first kappa shape index (κ1) is 24.7. The summed E-state index contributed by atoms with van der Waals surface area (Å²) >= 11 is 0. The summed E-state index contributed by atoms with van der Waals surface area (Å²) in [6, 6.07) is 4.75. The number of hydrogen-bond donors (Lipinski definition) is 1. The molecule has 1 aliphatic rings. The molecule has 0 aliphatic carbocycles. The molecule has 12 heteroatoms. The Labute approximate surface area is 204 Å². The van der Waals surface area contributed by atoms with Gasteiger partial charge in [0.1, 0.15) is 5.75 Å². The van der Waals surface area contributed by atoms with Gasteiger partial charge in [0.15, 0.2) is 11.3 Å². The van der Waals surface area contributed by atoms with Crippen molar-refractivity contribution >= 4 is 15.5 Å². The van der Waals surface area contributed by atoms with Crippen molar-refractivity contribution in [3.63, 3.8) is 0 Å². The van der Waals surface area contributed by atoms with Gasteiger partial charge in [0.25, 0.3) is 5.56 Å². The molecule has 0 saturated carbocycles. The van der Waals surface area contributed by atoms with Crippen molar-refractivity contribution in [2.75, 3.05) is 39.9 Å². The summed E-state index contributed by atoms with van der Waals surface area (Å²) in [4.78, 5) is 22.1. The Hall–Kier alpha value is -3.38. The summed E-state index contributed by atoms with van der Waals surface area (Å²) in [5.41, 5.74) is 0.674. The van der Waals surface area contributed by atoms with Crippen LogP contribution in [-0.2, 0) is 10.0 Å². The topological polar surface area (TPSA) is 122 Å². The van der Waals surface area contributed by atoms with E-state index in [0.717, 1.165) is 6.42 Å². The maximum atomic E-state index is 13.4. The van der Waals surface area contributed by atoms with Crippen molar-refractivity contribution in [3.8, 4) is 23.1 Å². The molecule has 3 aromatic rings. The number of fused-ring (bicyclic) bond motifs is 1. The number of rotatable bonds is 8. The van der Waals surface area contributed by atoms with Crippen LogP contribution in [0.15, 0.2) is 40.2 Å². The van der Waals surface area contributed by atoms with Crippen molar-refractivity contribution in [1.29, 1.82) is 0 Å². The fourth-order valence-electron chi connectivity index (χ4n) is 4.03. The van der Waals surface area contributed by atoms with Crippen LogP contribution in [-0.4, -0.2) is 77.1 Å². The lowest BCUT2D eigenvalue weighted by atomic mass is 10.2. The first-order chi connectivity index (χ1) is 16.8. The number of H-pyrrole nitrogens is 1. The molecule has 0 spiro atoms. The Balaban J connectivity index is 1.76. The van der Waals surface area contributed by atoms with E-state index >= 15 is 0 Å². The van der Waals surface area contributed by atoms with Crippen molar-refractivity contribution in [2.24, 2.45) is 0 Å². The third-order valence-corrected chi connectivity index (χ3v) is 7.67. The van der Waals surface area contributed by atoms with Crippen LogP contribution < -0.4 is 15.0 Å². The van der Waals surface area contributed by atoms with Gasteiger partial charge in [-0.25, -0.2) is 8.42 Å². The Morgan fingerprint density at radius 2 is 1.94 bits per heavy atom. The van der Waals surface area contributed by atoms with E-state index in [1.165, 1.54) is 28.1 Å². The zero-order valence-electron chi connectivity index (χ0n) is 20.3. The van der Waals surface area contributed by atoms with E-state index in [1.54, 1.807) is 13.0 Å². The van der Waals surface area contributed by atoms with Gasteiger partial charge in [-0.05, 0) is 44.7 Å². The van der Waals surface area contributed by atoms with Crippen LogP contribution in [0.5, 0.6) is 11.8 Å². The molecule has 1 aliphatic heterocycles. The highest BCUT2D eigenvalue weighted by Crippen LogP contribution is 2.31. The van der Waals surface area contributed by atoms with Gasteiger partial charge in [-0.2, -0.15) is 13.8 Å². The summed E-state index contributed by atoms with van der Waals surface area (Å²) in [7, 11) is -2.29. The zero-order valence-corrected chi connectivity index (χ0v) is 21.1. The quantitative estimate of drug-likeness (QED) is 0.497. The number of methoxy groups -OCH3 is 1. The lowest BCUT2D eigenvalue weighted by molar-refractivity contribution is 0.244. The molecule has 0 radical (unpaired) electrons. The zero-order chi connectivity index (χ0) is 25.2. The summed E-state index contributed by atoms with van der Waals surface area (Å²) in [5.74, 6) is 0.519. The van der Waals surface area contributed by atoms with Crippen LogP contribution in [0.3, 0.4) is 0 Å². The summed E-state index contributed by atoms with van der Waals surface area (Å²) in [5, 5.41) is 4.53. The van der Waals surface area contributed by atoms with E-state index in [4.69, 9.17) is 9.47 Å². The molecular formula is C23H30N6O5S. The minimum Gasteiger partial charge on any atom is -0.496 e. The van der Waals surface area contributed by atoms with E-state index in [-0.39, 0.29) is 22.2 Å². The van der Waals surface area contributed by atoms with Gasteiger partial charge in [-0.15, -0.1) is 5.10 Å². The van der Waals surface area contributed by atoms with Gasteiger partial charge in [-0.1, -0.05) is 13.0 Å². The maximum Gasteiger partial charge on any atom is 0.318 e. The molecule has 0 bridgehead atoms. The maximum absolute atomic E-state index is 13.4. The molecule has 3 heterocycles. The van der Waals surface area contributed by atoms with E-state index in [1.807, 2.05) is 26.1 Å². The predicted octanol–water partition coefficient (Wildman–Crippen LogP) is 2.03. The number of nitrogens with one attached hydrogen (secondary N) is 1. The number of aryl methyl sites for hydroxylation is 1. The van der Waals surface area contributed by atoms with E-state index in [2.05, 4.69) is 20.0 Å². The van der Waals surface area contributed by atoms with Crippen LogP contribution in [0.2, 0.25) is 0 Å². The van der Waals surface area contributed by atoms with E-state index < -0.39 is 15.6 Å². The Morgan fingerprint density at radius 3 is 2.60 bits per heavy atom. The number of ether oxygens (including phenoxy) is 2. The number of sulfonamides is 1. The van der Waals surface area contributed by atoms with Crippen molar-refractivity contribution in [3.05, 3.63) is 46.5 Å². The van der Waals surface area contributed by atoms with Crippen LogP contribution in [0.1, 0.15) is 26.0 Å². The number of piperazine rings is 1. The van der Waals surface area contributed by atoms with Gasteiger partial charge < -0.3 is 19.4 Å². The fourth-order valence-corrected chi connectivity index (χ4v) is 5.48. The normalized spacial score (nSPS) is 15.3. The van der Waals surface area contributed by atoms with Gasteiger partial charge >= 0.3 is 6.01 Å². The molecule has 1 fully saturated rings. The van der Waals surface area contributed by atoms with E-state index in [9.17, 15) is 13.2 Å². The molecule has 0 unspecified atom stereocenters. The van der Waals surface area contributed by atoms with Gasteiger partial charge in [-0.3, -0.25) is 4.79 Å². The molecular weight excluding hydrogens is 472 g/mol. The molecule has 35 heavy (non-hydrogen) atoms. The highest BCUT2D eigenvalue weighted by atomic mass is 32.2. The Bertz CT molecular complexity index is 1400. The minimum absolute atomic E-state index is 0.0970. The SMILES string of the molecule is C/C=C/N1CCN(S(=O)(=O)c2ccc(OC)c(-c3nn4c(OCCC)nc(C)c4c(=O)[nH]3)c2)CC1. The fraction of sp³-hybridized carbons (Fsp3) is 0.435. The third kappa shape index (κ3) is 4.76. The molecule has 1 saturated heterocycles. The lowest BCUT2D eigenvalue weighted by Crippen LogP contribution is -2.46. The molecule has 1 N–H and O–H groups in total. The van der Waals surface area contributed by atoms with Crippen LogP contribution >= 0.6 is 0 Å². The van der Waals surface area contributed by atoms with Crippen molar-refractivity contribution in [2.45, 2.75) is 32.1 Å². The number of benzene rings is 1. The monoisotopic (exact) mass is 502 g/mol. The summed E-state index contributed by atoms with van der Waals surface area (Å²) in [6.07, 6.45) is 4.66. The minimum atomic E-state index is -3.76. The Morgan fingerprint density at radius 1 is 1.20 bits per heavy atom. The summed E-state index contributed by atoms with van der Waals surface area (Å²) in [6.45, 7) is 7.99. The third-order valence-electron chi connectivity index (χ3n) is 5.78. The largest absolute Gasteiger partial charge is 0.496 e. The molecule has 4 rings (SSSR count). The number of aromatic nitrogens is 4. The lowest BCUT2D eigenvalue weighted by Gasteiger charge is -2.33. The number of aromatic amines is 1. The number of imidazole rings is 1. The van der Waals surface area contributed by atoms with Crippen LogP contribution in [0.25, 0.3) is 16.9 Å². The number of nitrogens with zero attached hydrogens (tertiary/aromatic N) is 5. The molecule has 188 valence electrons. The van der Waals surface area contributed by atoms with Gasteiger partial charge in [0, 0.05) is 26.2 Å². The van der Waals surface area contributed by atoms with Crippen molar-refractivity contribution in [1.82, 2.24) is 28.8 Å². The highest BCUT2D eigenvalue weighted by Gasteiger charge is 2.29. The smallest absolute Gasteiger partial charge is 0.318 e. The van der Waals surface area contributed by atoms with Crippen molar-refractivity contribution < 1.29 is 17.9 Å². The van der Waals surface area contributed by atoms with Gasteiger partial charge in [0.05, 0.1) is 29.9 Å². The number of allylic oxidation sites excluding steroid dienone is 1. The second-order valence-electron chi connectivity index (χ2n) is 8.18. The summed E-state index contributed by atoms with van der Waals surface area (Å²) < 4.78 is 40.8. The van der Waals surface area contributed by atoms with Gasteiger partial charge in [0.2, 0.25) is 10.0 Å². The molecule has 0 atom stereocenters. The average molecular weight is 503 g/mol. The van der Waals surface area contributed by atoms with Crippen LogP contribution in [0.4, 0.5) is 0 Å². The standard InChI is InChI=1S/C23H30N6O5S/c1-5-9-27-10-12-28(13-11-27)35(31,32)17-7-8-19(33-4)18(15-17)21-25-22(30)20-16(3)24-23(29(20)26-21)34-14-6-2/h5,7-9,15H,6,10-14H2,1-4H3,(H,25,26,30)/b9-5+. The average Bonchev–Trinajstić information content (AvgIpc) is 3.18. The second kappa shape index (κ2) is 10.1. The Kier molecular flexibility index (Phi) is 7.13. The highest BCUT2D eigenvalue weighted by molar-refractivity contribution is 7.89. The van der Waals surface area contributed by atoms with Crippen LogP contribution in [0, 0.1) is 6.92 Å². The molecule has 2 aromatic heterocycles. The first-order valence-corrected chi connectivity index (χ1v) is 12.9. The molecule has 11 nitrogen and oxygen atoms in total. The molecule has 1 aromatic carbocycles.